The minimum Gasteiger partial charge on any atom is -0.391 e. The van der Waals surface area contributed by atoms with Gasteiger partial charge in [-0.1, -0.05) is 11.6 Å². The summed E-state index contributed by atoms with van der Waals surface area (Å²) < 4.78 is 0. The van der Waals surface area contributed by atoms with Crippen molar-refractivity contribution in [1.82, 2.24) is 9.97 Å². The van der Waals surface area contributed by atoms with Crippen molar-refractivity contribution in [3.8, 4) is 0 Å². The van der Waals surface area contributed by atoms with Gasteiger partial charge in [-0.2, -0.15) is 0 Å². The number of nitrogens with zero attached hydrogens (tertiary/aromatic N) is 3. The first-order valence-electron chi connectivity index (χ1n) is 4.16. The monoisotopic (exact) mass is 230 g/mol. The van der Waals surface area contributed by atoms with Gasteiger partial charge in [-0.15, -0.1) is 0 Å². The Bertz CT molecular complexity index is 372. The normalized spacial score (nSPS) is 10.1. The lowest BCUT2D eigenvalue weighted by Crippen LogP contribution is -2.31. The number of rotatable bonds is 4. The van der Waals surface area contributed by atoms with Gasteiger partial charge in [0.1, 0.15) is 17.3 Å². The van der Waals surface area contributed by atoms with Crippen molar-refractivity contribution in [3.63, 3.8) is 0 Å². The number of hydrogen-bond acceptors (Lipinski definition) is 5. The molecule has 0 atom stereocenters. The van der Waals surface area contributed by atoms with Crippen LogP contribution in [0.25, 0.3) is 0 Å². The lowest BCUT2D eigenvalue weighted by molar-refractivity contribution is -0.116. The van der Waals surface area contributed by atoms with Crippen LogP contribution in [0.1, 0.15) is 5.56 Å². The van der Waals surface area contributed by atoms with Crippen LogP contribution in [0.3, 0.4) is 0 Å². The van der Waals surface area contributed by atoms with Crippen LogP contribution in [0.15, 0.2) is 6.33 Å². The van der Waals surface area contributed by atoms with Gasteiger partial charge in [-0.05, 0) is 0 Å². The first kappa shape index (κ1) is 11.7. The highest BCUT2D eigenvalue weighted by molar-refractivity contribution is 6.30. The molecule has 0 saturated carbocycles. The van der Waals surface area contributed by atoms with E-state index >= 15 is 0 Å². The highest BCUT2D eigenvalue weighted by atomic mass is 35.5. The van der Waals surface area contributed by atoms with Crippen molar-refractivity contribution >= 4 is 23.3 Å². The Labute approximate surface area is 91.7 Å². The molecule has 1 rings (SSSR count). The summed E-state index contributed by atoms with van der Waals surface area (Å²) in [6.07, 6.45) is 1.26. The minimum absolute atomic E-state index is 0.000340. The fourth-order valence-electron chi connectivity index (χ4n) is 1.16. The molecule has 1 aromatic rings. The summed E-state index contributed by atoms with van der Waals surface area (Å²) in [6.45, 7) is -0.293. The Morgan fingerprint density at radius 2 is 2.33 bits per heavy atom. The number of carbonyl (C=O) groups excluding carboxylic acids is 1. The van der Waals surface area contributed by atoms with E-state index in [-0.39, 0.29) is 18.3 Å². The number of aliphatic hydroxyl groups is 1. The molecule has 1 amide bonds. The van der Waals surface area contributed by atoms with Gasteiger partial charge < -0.3 is 15.7 Å². The topological polar surface area (TPSA) is 92.3 Å². The second-order valence-corrected chi connectivity index (χ2v) is 3.31. The zero-order valence-electron chi connectivity index (χ0n) is 8.14. The van der Waals surface area contributed by atoms with Gasteiger partial charge in [0.25, 0.3) is 0 Å². The number of nitrogens with two attached hydrogens (primary N) is 1. The molecule has 6 nitrogen and oxygen atoms in total. The number of aromatic nitrogens is 2. The number of carbonyl (C=O) groups is 1. The highest BCUT2D eigenvalue weighted by Crippen LogP contribution is 2.21. The van der Waals surface area contributed by atoms with E-state index in [1.807, 2.05) is 0 Å². The number of anilines is 1. The molecule has 0 fully saturated rings. The maximum absolute atomic E-state index is 10.7. The lowest BCUT2D eigenvalue weighted by Gasteiger charge is -2.18. The van der Waals surface area contributed by atoms with Crippen molar-refractivity contribution in [2.45, 2.75) is 6.61 Å². The lowest BCUT2D eigenvalue weighted by atomic mass is 10.3. The molecule has 0 aliphatic heterocycles. The number of primary amides is 1. The molecular formula is C8H11ClN4O2. The van der Waals surface area contributed by atoms with Crippen molar-refractivity contribution in [3.05, 3.63) is 17.0 Å². The molecule has 0 saturated heterocycles. The standard InChI is InChI=1S/C8H11ClN4O2/c1-13(2-6(10)15)8-5(3-14)7(9)11-4-12-8/h4,14H,2-3H2,1H3,(H2,10,15). The second-order valence-electron chi connectivity index (χ2n) is 2.95. The van der Waals surface area contributed by atoms with Crippen molar-refractivity contribution in [2.75, 3.05) is 18.5 Å². The minimum atomic E-state index is -0.490. The number of halogens is 1. The molecule has 0 aliphatic rings. The van der Waals surface area contributed by atoms with E-state index in [4.69, 9.17) is 22.4 Å². The van der Waals surface area contributed by atoms with Gasteiger partial charge in [-0.3, -0.25) is 4.79 Å². The largest absolute Gasteiger partial charge is 0.391 e. The van der Waals surface area contributed by atoms with Crippen LogP contribution in [-0.4, -0.2) is 34.6 Å². The van der Waals surface area contributed by atoms with Crippen molar-refractivity contribution < 1.29 is 9.90 Å². The summed E-state index contributed by atoms with van der Waals surface area (Å²) in [7, 11) is 1.63. The summed E-state index contributed by atoms with van der Waals surface area (Å²) >= 11 is 5.76. The van der Waals surface area contributed by atoms with Gasteiger partial charge in [-0.25, -0.2) is 9.97 Å². The Kier molecular flexibility index (Phi) is 3.81. The van der Waals surface area contributed by atoms with E-state index in [0.29, 0.717) is 11.4 Å². The molecule has 82 valence electrons. The summed E-state index contributed by atoms with van der Waals surface area (Å²) in [5, 5.41) is 9.24. The van der Waals surface area contributed by atoms with E-state index < -0.39 is 5.91 Å². The Hall–Kier alpha value is -1.40. The van der Waals surface area contributed by atoms with E-state index in [9.17, 15) is 4.79 Å². The summed E-state index contributed by atoms with van der Waals surface area (Å²) in [6, 6.07) is 0. The number of likely N-dealkylation sites (N-methyl/N-ethyl adjacent to an activating group) is 1. The smallest absolute Gasteiger partial charge is 0.236 e. The maximum atomic E-state index is 10.7. The SMILES string of the molecule is CN(CC(N)=O)c1ncnc(Cl)c1CO. The van der Waals surface area contributed by atoms with Crippen LogP contribution in [0.5, 0.6) is 0 Å². The van der Waals surface area contributed by atoms with Crippen molar-refractivity contribution in [1.29, 1.82) is 0 Å². The van der Waals surface area contributed by atoms with Crippen LogP contribution in [0.2, 0.25) is 5.15 Å². The van der Waals surface area contributed by atoms with E-state index in [0.717, 1.165) is 0 Å². The molecule has 0 spiro atoms. The van der Waals surface area contributed by atoms with Crippen LogP contribution < -0.4 is 10.6 Å². The highest BCUT2D eigenvalue weighted by Gasteiger charge is 2.13. The van der Waals surface area contributed by atoms with Crippen LogP contribution in [0.4, 0.5) is 5.82 Å². The maximum Gasteiger partial charge on any atom is 0.236 e. The van der Waals surface area contributed by atoms with Gasteiger partial charge in [0.2, 0.25) is 5.91 Å². The molecule has 1 aromatic heterocycles. The fourth-order valence-corrected chi connectivity index (χ4v) is 1.34. The predicted octanol–water partition coefficient (Wildman–Crippen LogP) is -0.456. The molecule has 3 N–H and O–H groups in total. The van der Waals surface area contributed by atoms with Gasteiger partial charge >= 0.3 is 0 Å². The Balaban J connectivity index is 3.02. The molecule has 7 heteroatoms. The van der Waals surface area contributed by atoms with Crippen LogP contribution in [0, 0.1) is 0 Å². The molecule has 0 unspecified atom stereocenters. The number of hydrogen-bond donors (Lipinski definition) is 2. The number of amides is 1. The summed E-state index contributed by atoms with van der Waals surface area (Å²) in [4.78, 5) is 19.9. The molecule has 0 aromatic carbocycles. The summed E-state index contributed by atoms with van der Waals surface area (Å²) in [5.74, 6) is -0.0903. The van der Waals surface area contributed by atoms with E-state index in [2.05, 4.69) is 9.97 Å². The Morgan fingerprint density at radius 3 is 2.87 bits per heavy atom. The van der Waals surface area contributed by atoms with E-state index in [1.54, 1.807) is 7.05 Å². The number of aliphatic hydroxyl groups excluding tert-OH is 1. The molecule has 0 bridgehead atoms. The van der Waals surface area contributed by atoms with Crippen LogP contribution >= 0.6 is 11.6 Å². The summed E-state index contributed by atoms with van der Waals surface area (Å²) in [5.41, 5.74) is 5.42. The van der Waals surface area contributed by atoms with E-state index in [1.165, 1.54) is 11.2 Å². The average molecular weight is 231 g/mol. The predicted molar refractivity (Wildman–Crippen MR) is 55.4 cm³/mol. The zero-order valence-corrected chi connectivity index (χ0v) is 8.90. The van der Waals surface area contributed by atoms with Gasteiger partial charge in [0, 0.05) is 7.05 Å². The van der Waals surface area contributed by atoms with Gasteiger partial charge in [0.05, 0.1) is 18.7 Å². The zero-order chi connectivity index (χ0) is 11.4. The molecule has 0 radical (unpaired) electrons. The quantitative estimate of drug-likeness (QED) is 0.683. The molecular weight excluding hydrogens is 220 g/mol. The molecule has 0 aliphatic carbocycles. The van der Waals surface area contributed by atoms with Crippen LogP contribution in [-0.2, 0) is 11.4 Å². The first-order valence-corrected chi connectivity index (χ1v) is 4.53. The second kappa shape index (κ2) is 4.90. The van der Waals surface area contributed by atoms with Gasteiger partial charge in [0.15, 0.2) is 0 Å². The molecule has 1 heterocycles. The average Bonchev–Trinajstić information content (AvgIpc) is 2.16. The third kappa shape index (κ3) is 2.77. The molecule has 15 heavy (non-hydrogen) atoms. The third-order valence-electron chi connectivity index (χ3n) is 1.78. The Morgan fingerprint density at radius 1 is 1.67 bits per heavy atom. The fraction of sp³-hybridized carbons (Fsp3) is 0.375. The third-order valence-corrected chi connectivity index (χ3v) is 2.11. The van der Waals surface area contributed by atoms with Crippen molar-refractivity contribution in [2.24, 2.45) is 5.73 Å². The first-order chi connectivity index (χ1) is 7.06.